The number of rotatable bonds is 1. The van der Waals surface area contributed by atoms with Crippen molar-refractivity contribution in [1.29, 1.82) is 5.26 Å². The summed E-state index contributed by atoms with van der Waals surface area (Å²) in [5.41, 5.74) is 3.11. The summed E-state index contributed by atoms with van der Waals surface area (Å²) in [6.07, 6.45) is 3.71. The van der Waals surface area contributed by atoms with Crippen LogP contribution in [0.3, 0.4) is 0 Å². The molecule has 0 bridgehead atoms. The Morgan fingerprint density at radius 1 is 1.50 bits per heavy atom. The number of hydrogen-bond acceptors (Lipinski definition) is 3. The van der Waals surface area contributed by atoms with Crippen LogP contribution in [0.1, 0.15) is 27.9 Å². The molecule has 0 fully saturated rings. The van der Waals surface area contributed by atoms with Crippen LogP contribution in [-0.4, -0.2) is 13.1 Å². The van der Waals surface area contributed by atoms with E-state index in [1.54, 1.807) is 12.1 Å². The number of aryl methyl sites for hydroxylation is 1. The number of carbonyl (C=O) groups excluding carboxylic acids is 1. The summed E-state index contributed by atoms with van der Waals surface area (Å²) in [5, 5.41) is 8.99. The fraction of sp³-hybridized carbons (Fsp3) is 0.231. The van der Waals surface area contributed by atoms with Gasteiger partial charge in [-0.3, -0.25) is 0 Å². The average Bonchev–Trinajstić information content (AvgIpc) is 2.36. The summed E-state index contributed by atoms with van der Waals surface area (Å²) >= 11 is 0. The van der Waals surface area contributed by atoms with Gasteiger partial charge in [-0.25, -0.2) is 4.79 Å². The second kappa shape index (κ2) is 4.19. The lowest BCUT2D eigenvalue weighted by molar-refractivity contribution is 0.0600. The van der Waals surface area contributed by atoms with Gasteiger partial charge >= 0.3 is 5.97 Å². The maximum Gasteiger partial charge on any atom is 0.337 e. The van der Waals surface area contributed by atoms with Crippen LogP contribution in [0.15, 0.2) is 24.3 Å². The summed E-state index contributed by atoms with van der Waals surface area (Å²) in [7, 11) is 1.35. The molecule has 3 nitrogen and oxygen atoms in total. The van der Waals surface area contributed by atoms with Crippen molar-refractivity contribution in [3.05, 3.63) is 41.0 Å². The van der Waals surface area contributed by atoms with Gasteiger partial charge < -0.3 is 4.74 Å². The molecule has 80 valence electrons. The van der Waals surface area contributed by atoms with Gasteiger partial charge in [0.2, 0.25) is 0 Å². The van der Waals surface area contributed by atoms with Crippen LogP contribution in [0.5, 0.6) is 0 Å². The summed E-state index contributed by atoms with van der Waals surface area (Å²) in [6, 6.07) is 7.52. The Morgan fingerprint density at radius 3 is 3.00 bits per heavy atom. The Hall–Kier alpha value is -2.08. The maximum absolute atomic E-state index is 11.4. The molecule has 0 aromatic heterocycles. The minimum atomic E-state index is -0.370. The molecule has 0 heterocycles. The van der Waals surface area contributed by atoms with Crippen molar-refractivity contribution in [2.75, 3.05) is 7.11 Å². The zero-order chi connectivity index (χ0) is 11.5. The molecular weight excluding hydrogens is 202 g/mol. The Kier molecular flexibility index (Phi) is 2.74. The normalized spacial score (nSPS) is 13.4. The smallest absolute Gasteiger partial charge is 0.337 e. The van der Waals surface area contributed by atoms with E-state index >= 15 is 0 Å². The minimum absolute atomic E-state index is 0.370. The van der Waals surface area contributed by atoms with Crippen molar-refractivity contribution >= 4 is 11.5 Å². The molecule has 0 aliphatic heterocycles. The maximum atomic E-state index is 11.4. The van der Waals surface area contributed by atoms with Crippen LogP contribution in [0.2, 0.25) is 0 Å². The van der Waals surface area contributed by atoms with Crippen LogP contribution in [-0.2, 0) is 11.2 Å². The molecule has 16 heavy (non-hydrogen) atoms. The van der Waals surface area contributed by atoms with Crippen molar-refractivity contribution in [3.63, 3.8) is 0 Å². The standard InChI is InChI=1S/C13H11NO2/c1-16-13(15)10-6-5-9-3-2-4-11(8-14)12(9)7-10/h4-7H,2-3H2,1H3. The molecule has 1 aliphatic rings. The number of carbonyl (C=O) groups is 1. The Morgan fingerprint density at radius 2 is 2.31 bits per heavy atom. The molecule has 1 aromatic rings. The van der Waals surface area contributed by atoms with E-state index in [2.05, 4.69) is 10.8 Å². The van der Waals surface area contributed by atoms with Crippen LogP contribution >= 0.6 is 0 Å². The van der Waals surface area contributed by atoms with Crippen molar-refractivity contribution in [2.24, 2.45) is 0 Å². The molecular formula is C13H11NO2. The van der Waals surface area contributed by atoms with Crippen molar-refractivity contribution < 1.29 is 9.53 Å². The van der Waals surface area contributed by atoms with Crippen molar-refractivity contribution in [1.82, 2.24) is 0 Å². The van der Waals surface area contributed by atoms with Gasteiger partial charge in [-0.15, -0.1) is 0 Å². The third-order valence-corrected chi connectivity index (χ3v) is 2.70. The SMILES string of the molecule is COC(=O)c1ccc2c(c1)C(C#N)=CCC2. The van der Waals surface area contributed by atoms with Gasteiger partial charge in [-0.05, 0) is 36.1 Å². The molecule has 1 aromatic carbocycles. The van der Waals surface area contributed by atoms with Gasteiger partial charge in [0.1, 0.15) is 0 Å². The molecule has 0 spiro atoms. The molecule has 1 aliphatic carbocycles. The first-order chi connectivity index (χ1) is 7.76. The first kappa shape index (κ1) is 10.4. The quantitative estimate of drug-likeness (QED) is 0.673. The predicted octanol–water partition coefficient (Wildman–Crippen LogP) is 2.33. The van der Waals surface area contributed by atoms with Gasteiger partial charge in [0, 0.05) is 0 Å². The summed E-state index contributed by atoms with van der Waals surface area (Å²) in [5.74, 6) is -0.370. The first-order valence-electron chi connectivity index (χ1n) is 5.08. The highest BCUT2D eigenvalue weighted by Crippen LogP contribution is 2.27. The third-order valence-electron chi connectivity index (χ3n) is 2.70. The predicted molar refractivity (Wildman–Crippen MR) is 59.7 cm³/mol. The van der Waals surface area contributed by atoms with E-state index in [-0.39, 0.29) is 5.97 Å². The van der Waals surface area contributed by atoms with E-state index in [1.165, 1.54) is 7.11 Å². The highest BCUT2D eigenvalue weighted by molar-refractivity contribution is 5.92. The van der Waals surface area contributed by atoms with Gasteiger partial charge in [-0.1, -0.05) is 12.1 Å². The number of nitriles is 1. The number of benzene rings is 1. The number of methoxy groups -OCH3 is 1. The Balaban J connectivity index is 2.50. The third kappa shape index (κ3) is 1.70. The van der Waals surface area contributed by atoms with Gasteiger partial charge in [0.25, 0.3) is 0 Å². The number of ether oxygens (including phenoxy) is 1. The molecule has 3 heteroatoms. The zero-order valence-corrected chi connectivity index (χ0v) is 8.99. The molecule has 0 saturated heterocycles. The van der Waals surface area contributed by atoms with Gasteiger partial charge in [0.05, 0.1) is 24.3 Å². The van der Waals surface area contributed by atoms with Gasteiger partial charge in [0.15, 0.2) is 0 Å². The van der Waals surface area contributed by atoms with E-state index in [1.807, 2.05) is 12.1 Å². The second-order valence-corrected chi connectivity index (χ2v) is 3.63. The van der Waals surface area contributed by atoms with Crippen LogP contribution in [0, 0.1) is 11.3 Å². The lowest BCUT2D eigenvalue weighted by atomic mass is 9.90. The fourth-order valence-electron chi connectivity index (χ4n) is 1.88. The van der Waals surface area contributed by atoms with Gasteiger partial charge in [-0.2, -0.15) is 5.26 Å². The molecule has 0 N–H and O–H groups in total. The minimum Gasteiger partial charge on any atom is -0.465 e. The van der Waals surface area contributed by atoms with Crippen LogP contribution in [0.4, 0.5) is 0 Å². The second-order valence-electron chi connectivity index (χ2n) is 3.63. The Labute approximate surface area is 94.0 Å². The molecule has 0 saturated carbocycles. The summed E-state index contributed by atoms with van der Waals surface area (Å²) in [6.45, 7) is 0. The summed E-state index contributed by atoms with van der Waals surface area (Å²) in [4.78, 5) is 11.4. The molecule has 2 rings (SSSR count). The lowest BCUT2D eigenvalue weighted by Gasteiger charge is -2.13. The number of esters is 1. The Bertz CT molecular complexity index is 509. The van der Waals surface area contributed by atoms with E-state index in [4.69, 9.17) is 5.26 Å². The number of allylic oxidation sites excluding steroid dienone is 2. The first-order valence-corrected chi connectivity index (χ1v) is 5.08. The van der Waals surface area contributed by atoms with Crippen LogP contribution < -0.4 is 0 Å². The average molecular weight is 213 g/mol. The van der Waals surface area contributed by atoms with E-state index < -0.39 is 0 Å². The fourth-order valence-corrected chi connectivity index (χ4v) is 1.88. The highest BCUT2D eigenvalue weighted by Gasteiger charge is 2.15. The number of fused-ring (bicyclic) bond motifs is 1. The number of hydrogen-bond donors (Lipinski definition) is 0. The largest absolute Gasteiger partial charge is 0.465 e. The molecule has 0 amide bonds. The zero-order valence-electron chi connectivity index (χ0n) is 8.99. The molecule has 0 atom stereocenters. The van der Waals surface area contributed by atoms with Crippen molar-refractivity contribution in [2.45, 2.75) is 12.8 Å². The van der Waals surface area contributed by atoms with E-state index in [0.717, 1.165) is 24.0 Å². The monoisotopic (exact) mass is 213 g/mol. The lowest BCUT2D eigenvalue weighted by Crippen LogP contribution is -2.05. The highest BCUT2D eigenvalue weighted by atomic mass is 16.5. The summed E-state index contributed by atoms with van der Waals surface area (Å²) < 4.78 is 4.65. The van der Waals surface area contributed by atoms with Crippen LogP contribution in [0.25, 0.3) is 5.57 Å². The number of nitrogens with zero attached hydrogens (tertiary/aromatic N) is 1. The molecule has 0 radical (unpaired) electrons. The van der Waals surface area contributed by atoms with E-state index in [0.29, 0.717) is 11.1 Å². The topological polar surface area (TPSA) is 50.1 Å². The van der Waals surface area contributed by atoms with Crippen molar-refractivity contribution in [3.8, 4) is 6.07 Å². The van der Waals surface area contributed by atoms with E-state index in [9.17, 15) is 4.79 Å². The molecule has 0 unspecified atom stereocenters.